The van der Waals surface area contributed by atoms with E-state index in [9.17, 15) is 4.79 Å². The molecule has 0 bridgehead atoms. The first-order valence-electron chi connectivity index (χ1n) is 5.56. The van der Waals surface area contributed by atoms with Gasteiger partial charge >= 0.3 is 5.97 Å². The molecule has 0 aromatic heterocycles. The van der Waals surface area contributed by atoms with Gasteiger partial charge in [-0.1, -0.05) is 0 Å². The Balaban J connectivity index is 3.05. The van der Waals surface area contributed by atoms with Gasteiger partial charge in [-0.25, -0.2) is 0 Å². The van der Waals surface area contributed by atoms with E-state index < -0.39 is 5.97 Å². The van der Waals surface area contributed by atoms with Crippen LogP contribution in [0.25, 0.3) is 0 Å². The van der Waals surface area contributed by atoms with E-state index in [4.69, 9.17) is 19.3 Å². The molecule has 1 N–H and O–H groups in total. The monoisotopic (exact) mass is 254 g/mol. The van der Waals surface area contributed by atoms with Crippen LogP contribution in [0.4, 0.5) is 0 Å². The predicted molar refractivity (Wildman–Crippen MR) is 66.2 cm³/mol. The molecule has 0 atom stereocenters. The molecule has 0 aliphatic carbocycles. The number of carbonyl (C=O) groups is 1. The second-order valence-electron chi connectivity index (χ2n) is 3.82. The van der Waals surface area contributed by atoms with Crippen LogP contribution < -0.4 is 9.47 Å². The van der Waals surface area contributed by atoms with Crippen molar-refractivity contribution in [2.75, 3.05) is 21.3 Å². The molecular formula is C13H18O5. The lowest BCUT2D eigenvalue weighted by Crippen LogP contribution is -2.02. The molecule has 100 valence electrons. The molecule has 0 aliphatic rings. The molecule has 0 unspecified atom stereocenters. The first-order valence-corrected chi connectivity index (χ1v) is 5.56. The van der Waals surface area contributed by atoms with Crippen molar-refractivity contribution in [3.8, 4) is 11.5 Å². The summed E-state index contributed by atoms with van der Waals surface area (Å²) in [5.41, 5.74) is 1.74. The van der Waals surface area contributed by atoms with Crippen molar-refractivity contribution in [2.45, 2.75) is 19.4 Å². The fourth-order valence-corrected chi connectivity index (χ4v) is 1.76. The first-order chi connectivity index (χ1) is 8.62. The summed E-state index contributed by atoms with van der Waals surface area (Å²) in [5, 5.41) is 8.69. The number of ether oxygens (including phenoxy) is 3. The van der Waals surface area contributed by atoms with Crippen molar-refractivity contribution in [1.29, 1.82) is 0 Å². The van der Waals surface area contributed by atoms with Crippen LogP contribution in [-0.4, -0.2) is 32.4 Å². The number of carboxylic acids is 1. The average Bonchev–Trinajstić information content (AvgIpc) is 2.36. The van der Waals surface area contributed by atoms with E-state index in [2.05, 4.69) is 0 Å². The van der Waals surface area contributed by atoms with Crippen LogP contribution in [0.5, 0.6) is 11.5 Å². The molecule has 0 fully saturated rings. The predicted octanol–water partition coefficient (Wildman–Crippen LogP) is 1.87. The van der Waals surface area contributed by atoms with Crippen molar-refractivity contribution < 1.29 is 24.1 Å². The Hall–Kier alpha value is -1.75. The summed E-state index contributed by atoms with van der Waals surface area (Å²) < 4.78 is 15.6. The molecule has 5 heteroatoms. The second kappa shape index (κ2) is 6.86. The number of benzene rings is 1. The van der Waals surface area contributed by atoms with Gasteiger partial charge < -0.3 is 19.3 Å². The van der Waals surface area contributed by atoms with Crippen molar-refractivity contribution >= 4 is 5.97 Å². The Kier molecular flexibility index (Phi) is 5.45. The molecule has 1 aromatic carbocycles. The number of hydrogen-bond acceptors (Lipinski definition) is 4. The van der Waals surface area contributed by atoms with Crippen LogP contribution in [0.1, 0.15) is 17.5 Å². The molecule has 0 saturated heterocycles. The SMILES string of the molecule is COCc1cc(CCC(=O)O)cc(OC)c1OC. The molecule has 18 heavy (non-hydrogen) atoms. The topological polar surface area (TPSA) is 65.0 Å². The normalized spacial score (nSPS) is 10.2. The Morgan fingerprint density at radius 2 is 1.94 bits per heavy atom. The standard InChI is InChI=1S/C13H18O5/c1-16-8-10-6-9(4-5-12(14)15)7-11(17-2)13(10)18-3/h6-7H,4-5,8H2,1-3H3,(H,14,15). The maximum absolute atomic E-state index is 10.6. The van der Waals surface area contributed by atoms with Crippen LogP contribution in [-0.2, 0) is 22.6 Å². The van der Waals surface area contributed by atoms with Crippen LogP contribution in [0.3, 0.4) is 0 Å². The van der Waals surface area contributed by atoms with Crippen LogP contribution in [0, 0.1) is 0 Å². The second-order valence-corrected chi connectivity index (χ2v) is 3.82. The summed E-state index contributed by atoms with van der Waals surface area (Å²) in [6.07, 6.45) is 0.536. The lowest BCUT2D eigenvalue weighted by molar-refractivity contribution is -0.136. The fraction of sp³-hybridized carbons (Fsp3) is 0.462. The number of rotatable bonds is 7. The van der Waals surface area contributed by atoms with Crippen molar-refractivity contribution in [3.05, 3.63) is 23.3 Å². The van der Waals surface area contributed by atoms with Crippen LogP contribution in [0.2, 0.25) is 0 Å². The largest absolute Gasteiger partial charge is 0.493 e. The summed E-state index contributed by atoms with van der Waals surface area (Å²) in [6.45, 7) is 0.389. The zero-order valence-corrected chi connectivity index (χ0v) is 10.9. The van der Waals surface area contributed by atoms with Gasteiger partial charge in [-0.2, -0.15) is 0 Å². The van der Waals surface area contributed by atoms with Gasteiger partial charge in [0, 0.05) is 19.1 Å². The molecular weight excluding hydrogens is 236 g/mol. The van der Waals surface area contributed by atoms with E-state index in [1.165, 1.54) is 0 Å². The minimum atomic E-state index is -0.821. The third-order valence-electron chi connectivity index (χ3n) is 2.54. The lowest BCUT2D eigenvalue weighted by atomic mass is 10.0. The highest BCUT2D eigenvalue weighted by atomic mass is 16.5. The number of aliphatic carboxylic acids is 1. The van der Waals surface area contributed by atoms with Crippen LogP contribution in [0.15, 0.2) is 12.1 Å². The molecule has 5 nitrogen and oxygen atoms in total. The molecule has 0 aliphatic heterocycles. The Bertz CT molecular complexity index is 414. The summed E-state index contributed by atoms with van der Waals surface area (Å²) >= 11 is 0. The zero-order valence-electron chi connectivity index (χ0n) is 10.9. The Morgan fingerprint density at radius 3 is 2.44 bits per heavy atom. The minimum Gasteiger partial charge on any atom is -0.493 e. The van der Waals surface area contributed by atoms with E-state index in [-0.39, 0.29) is 6.42 Å². The van der Waals surface area contributed by atoms with Gasteiger partial charge in [-0.3, -0.25) is 4.79 Å². The van der Waals surface area contributed by atoms with E-state index in [1.807, 2.05) is 6.07 Å². The third kappa shape index (κ3) is 3.63. The highest BCUT2D eigenvalue weighted by Crippen LogP contribution is 2.33. The van der Waals surface area contributed by atoms with Gasteiger partial charge in [0.2, 0.25) is 0 Å². The van der Waals surface area contributed by atoms with E-state index in [0.717, 1.165) is 11.1 Å². The van der Waals surface area contributed by atoms with Gasteiger partial charge in [0.25, 0.3) is 0 Å². The molecule has 0 amide bonds. The van der Waals surface area contributed by atoms with E-state index in [1.54, 1.807) is 27.4 Å². The highest BCUT2D eigenvalue weighted by Gasteiger charge is 2.12. The minimum absolute atomic E-state index is 0.0852. The Morgan fingerprint density at radius 1 is 1.22 bits per heavy atom. The highest BCUT2D eigenvalue weighted by molar-refractivity contribution is 5.67. The van der Waals surface area contributed by atoms with Gasteiger partial charge in [-0.05, 0) is 24.1 Å². The van der Waals surface area contributed by atoms with Crippen molar-refractivity contribution in [2.24, 2.45) is 0 Å². The summed E-state index contributed by atoms with van der Waals surface area (Å²) in [5.74, 6) is 0.393. The first kappa shape index (κ1) is 14.3. The zero-order chi connectivity index (χ0) is 13.5. The number of carboxylic acid groups (broad SMARTS) is 1. The molecule has 0 saturated carbocycles. The summed E-state index contributed by atoms with van der Waals surface area (Å²) in [6, 6.07) is 3.68. The quantitative estimate of drug-likeness (QED) is 0.804. The van der Waals surface area contributed by atoms with E-state index >= 15 is 0 Å². The number of aryl methyl sites for hydroxylation is 1. The summed E-state index contributed by atoms with van der Waals surface area (Å²) in [7, 11) is 4.71. The van der Waals surface area contributed by atoms with Crippen molar-refractivity contribution in [3.63, 3.8) is 0 Å². The van der Waals surface area contributed by atoms with Crippen molar-refractivity contribution in [1.82, 2.24) is 0 Å². The average molecular weight is 254 g/mol. The number of hydrogen-bond donors (Lipinski definition) is 1. The maximum atomic E-state index is 10.6. The third-order valence-corrected chi connectivity index (χ3v) is 2.54. The van der Waals surface area contributed by atoms with Gasteiger partial charge in [-0.15, -0.1) is 0 Å². The summed E-state index contributed by atoms with van der Waals surface area (Å²) in [4.78, 5) is 10.6. The maximum Gasteiger partial charge on any atom is 0.303 e. The van der Waals surface area contributed by atoms with E-state index in [0.29, 0.717) is 24.5 Å². The smallest absolute Gasteiger partial charge is 0.303 e. The molecule has 0 radical (unpaired) electrons. The molecule has 0 heterocycles. The Labute approximate surface area is 106 Å². The molecule has 0 spiro atoms. The fourth-order valence-electron chi connectivity index (χ4n) is 1.76. The lowest BCUT2D eigenvalue weighted by Gasteiger charge is -2.14. The number of methoxy groups -OCH3 is 3. The van der Waals surface area contributed by atoms with Gasteiger partial charge in [0.05, 0.1) is 20.8 Å². The van der Waals surface area contributed by atoms with Gasteiger partial charge in [0.1, 0.15) is 0 Å². The van der Waals surface area contributed by atoms with Crippen LogP contribution >= 0.6 is 0 Å². The molecule has 1 aromatic rings. The molecule has 1 rings (SSSR count). The van der Waals surface area contributed by atoms with Gasteiger partial charge in [0.15, 0.2) is 11.5 Å².